The monoisotopic (exact) mass is 266 g/mol. The number of hydrogen-bond acceptors (Lipinski definition) is 3. The molecule has 0 saturated carbocycles. The molecule has 4 heteroatoms. The fourth-order valence-electron chi connectivity index (χ4n) is 2.78. The van der Waals surface area contributed by atoms with Gasteiger partial charge in [-0.25, -0.2) is 4.39 Å². The van der Waals surface area contributed by atoms with Gasteiger partial charge in [-0.3, -0.25) is 4.90 Å². The molecular formula is C15H23FN2O. The van der Waals surface area contributed by atoms with Crippen molar-refractivity contribution in [1.82, 2.24) is 4.90 Å². The summed E-state index contributed by atoms with van der Waals surface area (Å²) in [5, 5.41) is 0. The number of morpholine rings is 1. The fraction of sp³-hybridized carbons (Fsp3) is 0.600. The molecule has 3 nitrogen and oxygen atoms in total. The van der Waals surface area contributed by atoms with Gasteiger partial charge in [-0.05, 0) is 38.0 Å². The zero-order valence-corrected chi connectivity index (χ0v) is 11.9. The minimum Gasteiger partial charge on any atom is -0.373 e. The number of nitrogens with zero attached hydrogens (tertiary/aromatic N) is 1. The molecule has 1 aliphatic rings. The summed E-state index contributed by atoms with van der Waals surface area (Å²) in [7, 11) is 0. The van der Waals surface area contributed by atoms with E-state index in [-0.39, 0.29) is 24.1 Å². The molecule has 1 saturated heterocycles. The summed E-state index contributed by atoms with van der Waals surface area (Å²) in [6, 6.07) is 5.46. The Hall–Kier alpha value is -0.970. The lowest BCUT2D eigenvalue weighted by Crippen LogP contribution is -2.48. The van der Waals surface area contributed by atoms with Gasteiger partial charge in [0.15, 0.2) is 0 Å². The van der Waals surface area contributed by atoms with Gasteiger partial charge in [0.25, 0.3) is 0 Å². The fourth-order valence-corrected chi connectivity index (χ4v) is 2.78. The van der Waals surface area contributed by atoms with Crippen LogP contribution in [0, 0.1) is 12.7 Å². The summed E-state index contributed by atoms with van der Waals surface area (Å²) < 4.78 is 19.4. The molecule has 106 valence electrons. The molecule has 2 rings (SSSR count). The van der Waals surface area contributed by atoms with E-state index in [9.17, 15) is 4.39 Å². The highest BCUT2D eigenvalue weighted by atomic mass is 19.1. The third-order valence-corrected chi connectivity index (χ3v) is 3.69. The lowest BCUT2D eigenvalue weighted by atomic mass is 10.0. The van der Waals surface area contributed by atoms with Crippen LogP contribution in [0.2, 0.25) is 0 Å². The Morgan fingerprint density at radius 1 is 1.37 bits per heavy atom. The molecule has 0 radical (unpaired) electrons. The molecule has 0 spiro atoms. The highest BCUT2D eigenvalue weighted by molar-refractivity contribution is 5.26. The van der Waals surface area contributed by atoms with Gasteiger partial charge in [0.05, 0.1) is 12.2 Å². The van der Waals surface area contributed by atoms with Crippen LogP contribution in [0.15, 0.2) is 18.2 Å². The molecule has 3 atom stereocenters. The van der Waals surface area contributed by atoms with E-state index < -0.39 is 0 Å². The SMILES string of the molecule is Cc1ccc(C(CN)N2CC(C)OC(C)C2)cc1F. The van der Waals surface area contributed by atoms with Crippen LogP contribution in [-0.4, -0.2) is 36.7 Å². The Bertz CT molecular complexity index is 428. The molecule has 1 aromatic rings. The van der Waals surface area contributed by atoms with E-state index in [4.69, 9.17) is 10.5 Å². The zero-order valence-electron chi connectivity index (χ0n) is 11.9. The average molecular weight is 266 g/mol. The van der Waals surface area contributed by atoms with Crippen LogP contribution in [-0.2, 0) is 4.74 Å². The second kappa shape index (κ2) is 5.99. The Morgan fingerprint density at radius 3 is 2.53 bits per heavy atom. The summed E-state index contributed by atoms with van der Waals surface area (Å²) in [6.07, 6.45) is 0.376. The molecule has 0 aliphatic carbocycles. The molecule has 0 aromatic heterocycles. The number of hydrogen-bond donors (Lipinski definition) is 1. The molecule has 0 amide bonds. The standard InChI is InChI=1S/C15H23FN2O/c1-10-4-5-13(6-14(10)16)15(7-17)18-8-11(2)19-12(3)9-18/h4-6,11-12,15H,7-9,17H2,1-3H3. The minimum atomic E-state index is -0.162. The maximum atomic E-state index is 13.7. The van der Waals surface area contributed by atoms with Gasteiger partial charge in [0.2, 0.25) is 0 Å². The van der Waals surface area contributed by atoms with Gasteiger partial charge in [-0.1, -0.05) is 12.1 Å². The first kappa shape index (κ1) is 14.4. The first-order valence-electron chi connectivity index (χ1n) is 6.87. The molecule has 19 heavy (non-hydrogen) atoms. The van der Waals surface area contributed by atoms with Crippen molar-refractivity contribution < 1.29 is 9.13 Å². The molecule has 2 N–H and O–H groups in total. The van der Waals surface area contributed by atoms with Gasteiger partial charge < -0.3 is 10.5 Å². The van der Waals surface area contributed by atoms with E-state index in [1.54, 1.807) is 13.0 Å². The molecule has 3 unspecified atom stereocenters. The lowest BCUT2D eigenvalue weighted by Gasteiger charge is -2.40. The average Bonchev–Trinajstić information content (AvgIpc) is 2.33. The van der Waals surface area contributed by atoms with Crippen LogP contribution in [0.25, 0.3) is 0 Å². The number of aryl methyl sites for hydroxylation is 1. The third kappa shape index (κ3) is 3.32. The smallest absolute Gasteiger partial charge is 0.126 e. The number of ether oxygens (including phenoxy) is 1. The summed E-state index contributed by atoms with van der Waals surface area (Å²) in [4.78, 5) is 2.29. The van der Waals surface area contributed by atoms with Gasteiger partial charge in [-0.15, -0.1) is 0 Å². The van der Waals surface area contributed by atoms with E-state index in [1.165, 1.54) is 0 Å². The second-order valence-electron chi connectivity index (χ2n) is 5.47. The highest BCUT2D eigenvalue weighted by Crippen LogP contribution is 2.25. The molecule has 1 aliphatic heterocycles. The van der Waals surface area contributed by atoms with E-state index >= 15 is 0 Å². The number of halogens is 1. The van der Waals surface area contributed by atoms with E-state index in [0.29, 0.717) is 12.1 Å². The normalized spacial score (nSPS) is 26.4. The molecule has 1 aromatic carbocycles. The Kier molecular flexibility index (Phi) is 4.55. The van der Waals surface area contributed by atoms with Gasteiger partial charge in [-0.2, -0.15) is 0 Å². The van der Waals surface area contributed by atoms with E-state index in [1.807, 2.05) is 12.1 Å². The van der Waals surface area contributed by atoms with Crippen LogP contribution >= 0.6 is 0 Å². The van der Waals surface area contributed by atoms with Crippen molar-refractivity contribution in [3.05, 3.63) is 35.1 Å². The predicted octanol–water partition coefficient (Wildman–Crippen LogP) is 2.24. The first-order chi connectivity index (χ1) is 9.01. The van der Waals surface area contributed by atoms with Crippen molar-refractivity contribution >= 4 is 0 Å². The van der Waals surface area contributed by atoms with Crippen molar-refractivity contribution in [2.75, 3.05) is 19.6 Å². The van der Waals surface area contributed by atoms with E-state index in [2.05, 4.69) is 18.7 Å². The van der Waals surface area contributed by atoms with Crippen LogP contribution < -0.4 is 5.73 Å². The molecule has 1 fully saturated rings. The summed E-state index contributed by atoms with van der Waals surface area (Å²) >= 11 is 0. The predicted molar refractivity (Wildman–Crippen MR) is 74.5 cm³/mol. The Labute approximate surface area is 114 Å². The molecular weight excluding hydrogens is 243 g/mol. The minimum absolute atomic E-state index is 0.0592. The zero-order chi connectivity index (χ0) is 14.0. The van der Waals surface area contributed by atoms with Crippen molar-refractivity contribution in [2.24, 2.45) is 5.73 Å². The van der Waals surface area contributed by atoms with Crippen molar-refractivity contribution in [3.63, 3.8) is 0 Å². The first-order valence-corrected chi connectivity index (χ1v) is 6.87. The van der Waals surface area contributed by atoms with Crippen LogP contribution in [0.5, 0.6) is 0 Å². The summed E-state index contributed by atoms with van der Waals surface area (Å²) in [6.45, 7) is 8.05. The number of nitrogens with two attached hydrogens (primary N) is 1. The summed E-state index contributed by atoms with van der Waals surface area (Å²) in [5.41, 5.74) is 7.53. The van der Waals surface area contributed by atoms with Crippen molar-refractivity contribution in [3.8, 4) is 0 Å². The molecule has 1 heterocycles. The van der Waals surface area contributed by atoms with Crippen LogP contribution in [0.3, 0.4) is 0 Å². The quantitative estimate of drug-likeness (QED) is 0.912. The van der Waals surface area contributed by atoms with Gasteiger partial charge >= 0.3 is 0 Å². The van der Waals surface area contributed by atoms with Crippen LogP contribution in [0.4, 0.5) is 4.39 Å². The van der Waals surface area contributed by atoms with Gasteiger partial charge in [0, 0.05) is 25.7 Å². The Balaban J connectivity index is 2.21. The number of rotatable bonds is 3. The Morgan fingerprint density at radius 2 is 2.00 bits per heavy atom. The highest BCUT2D eigenvalue weighted by Gasteiger charge is 2.28. The van der Waals surface area contributed by atoms with Gasteiger partial charge in [0.1, 0.15) is 5.82 Å². The maximum absolute atomic E-state index is 13.7. The van der Waals surface area contributed by atoms with E-state index in [0.717, 1.165) is 18.7 Å². The summed E-state index contributed by atoms with van der Waals surface area (Å²) in [5.74, 6) is -0.162. The lowest BCUT2D eigenvalue weighted by molar-refractivity contribution is -0.0799. The third-order valence-electron chi connectivity index (χ3n) is 3.69. The maximum Gasteiger partial charge on any atom is 0.126 e. The molecule has 0 bridgehead atoms. The topological polar surface area (TPSA) is 38.5 Å². The van der Waals surface area contributed by atoms with Crippen molar-refractivity contribution in [2.45, 2.75) is 39.0 Å². The van der Waals surface area contributed by atoms with Crippen LogP contribution in [0.1, 0.15) is 31.0 Å². The van der Waals surface area contributed by atoms with Crippen molar-refractivity contribution in [1.29, 1.82) is 0 Å². The second-order valence-corrected chi connectivity index (χ2v) is 5.47. The largest absolute Gasteiger partial charge is 0.373 e. The number of benzene rings is 1.